The Labute approximate surface area is 118 Å². The van der Waals surface area contributed by atoms with Crippen molar-refractivity contribution in [3.8, 4) is 0 Å². The van der Waals surface area contributed by atoms with Crippen LogP contribution < -0.4 is 5.32 Å². The Morgan fingerprint density at radius 1 is 1.42 bits per heavy atom. The zero-order chi connectivity index (χ0) is 14.3. The maximum atomic E-state index is 11.6. The second-order valence-corrected chi connectivity index (χ2v) is 4.98. The minimum Gasteiger partial charge on any atom is -0.349 e. The molecule has 0 bridgehead atoms. The van der Waals surface area contributed by atoms with Crippen molar-refractivity contribution in [2.75, 3.05) is 6.54 Å². The van der Waals surface area contributed by atoms with Gasteiger partial charge in [0.1, 0.15) is 0 Å². The van der Waals surface area contributed by atoms with E-state index in [0.29, 0.717) is 6.54 Å². The molecule has 0 fully saturated rings. The predicted molar refractivity (Wildman–Crippen MR) is 76.3 cm³/mol. The Morgan fingerprint density at radius 3 is 2.74 bits per heavy atom. The summed E-state index contributed by atoms with van der Waals surface area (Å²) >= 11 is 5.57. The van der Waals surface area contributed by atoms with Crippen molar-refractivity contribution in [2.24, 2.45) is 0 Å². The van der Waals surface area contributed by atoms with Crippen LogP contribution in [0.15, 0.2) is 33.9 Å². The van der Waals surface area contributed by atoms with Gasteiger partial charge >= 0.3 is 0 Å². The molecule has 0 aliphatic carbocycles. The zero-order valence-electron chi connectivity index (χ0n) is 11.5. The van der Waals surface area contributed by atoms with E-state index in [2.05, 4.69) is 37.3 Å². The fourth-order valence-corrected chi connectivity index (χ4v) is 1.59. The fraction of sp³-hybridized carbons (Fsp3) is 0.429. The van der Waals surface area contributed by atoms with Crippen LogP contribution in [0, 0.1) is 0 Å². The average molecular weight is 283 g/mol. The Hall–Kier alpha value is -1.55. The molecule has 1 amide bonds. The van der Waals surface area contributed by atoms with Crippen molar-refractivity contribution < 1.29 is 9.32 Å². The number of rotatable bonds is 6. The second kappa shape index (κ2) is 7.79. The number of carbonyl (C=O) groups excluding carboxylic acids is 1. The second-order valence-electron chi connectivity index (χ2n) is 4.59. The minimum atomic E-state index is -0.312. The molecule has 1 N–H and O–H groups in total. The summed E-state index contributed by atoms with van der Waals surface area (Å²) < 4.78 is 4.75. The first-order valence-corrected chi connectivity index (χ1v) is 6.56. The molecule has 1 aromatic rings. The van der Waals surface area contributed by atoms with Crippen molar-refractivity contribution >= 4 is 17.5 Å². The lowest BCUT2D eigenvalue weighted by Crippen LogP contribution is -2.22. The zero-order valence-corrected chi connectivity index (χ0v) is 12.3. The van der Waals surface area contributed by atoms with Crippen LogP contribution >= 0.6 is 11.6 Å². The SMILES string of the molecule is CC(C)=CCCC(C)=CCNC(=O)c1cc(Cl)no1. The summed E-state index contributed by atoms with van der Waals surface area (Å²) in [6.45, 7) is 6.69. The topological polar surface area (TPSA) is 55.1 Å². The van der Waals surface area contributed by atoms with Gasteiger partial charge in [0.05, 0.1) is 0 Å². The van der Waals surface area contributed by atoms with Crippen LogP contribution in [-0.4, -0.2) is 17.6 Å². The smallest absolute Gasteiger partial charge is 0.290 e. The third-order valence-corrected chi connectivity index (χ3v) is 2.69. The molecule has 1 rings (SSSR count). The number of nitrogens with one attached hydrogen (secondary N) is 1. The summed E-state index contributed by atoms with van der Waals surface area (Å²) in [5, 5.41) is 6.34. The molecule has 0 saturated heterocycles. The van der Waals surface area contributed by atoms with E-state index in [1.807, 2.05) is 6.08 Å². The van der Waals surface area contributed by atoms with Crippen LogP contribution in [-0.2, 0) is 0 Å². The summed E-state index contributed by atoms with van der Waals surface area (Å²) in [6, 6.07) is 1.39. The summed E-state index contributed by atoms with van der Waals surface area (Å²) in [4.78, 5) is 11.6. The highest BCUT2D eigenvalue weighted by molar-refractivity contribution is 6.29. The van der Waals surface area contributed by atoms with E-state index in [4.69, 9.17) is 16.1 Å². The Balaban J connectivity index is 2.32. The first-order chi connectivity index (χ1) is 8.99. The van der Waals surface area contributed by atoms with Gasteiger partial charge in [-0.3, -0.25) is 4.79 Å². The molecule has 0 aromatic carbocycles. The van der Waals surface area contributed by atoms with E-state index in [1.54, 1.807) is 0 Å². The normalized spacial score (nSPS) is 11.3. The highest BCUT2D eigenvalue weighted by Crippen LogP contribution is 2.09. The Morgan fingerprint density at radius 2 is 2.16 bits per heavy atom. The van der Waals surface area contributed by atoms with Gasteiger partial charge in [-0.2, -0.15) is 0 Å². The van der Waals surface area contributed by atoms with E-state index in [-0.39, 0.29) is 16.8 Å². The van der Waals surface area contributed by atoms with Crippen LogP contribution in [0.5, 0.6) is 0 Å². The first-order valence-electron chi connectivity index (χ1n) is 6.18. The minimum absolute atomic E-state index is 0.126. The van der Waals surface area contributed by atoms with Crippen LogP contribution in [0.4, 0.5) is 0 Å². The molecule has 0 aliphatic heterocycles. The molecule has 19 heavy (non-hydrogen) atoms. The molecule has 0 unspecified atom stereocenters. The monoisotopic (exact) mass is 282 g/mol. The van der Waals surface area contributed by atoms with Crippen LogP contribution in [0.2, 0.25) is 5.15 Å². The highest BCUT2D eigenvalue weighted by atomic mass is 35.5. The standard InChI is InChI=1S/C14H19ClN2O2/c1-10(2)5-4-6-11(3)7-8-16-14(18)12-9-13(15)17-19-12/h5,7,9H,4,6,8H2,1-3H3,(H,16,18). The largest absolute Gasteiger partial charge is 0.349 e. The number of carbonyl (C=O) groups is 1. The van der Waals surface area contributed by atoms with Crippen LogP contribution in [0.1, 0.15) is 44.2 Å². The molecule has 104 valence electrons. The van der Waals surface area contributed by atoms with E-state index in [1.165, 1.54) is 17.2 Å². The van der Waals surface area contributed by atoms with E-state index in [0.717, 1.165) is 12.8 Å². The van der Waals surface area contributed by atoms with Gasteiger partial charge in [-0.15, -0.1) is 0 Å². The highest BCUT2D eigenvalue weighted by Gasteiger charge is 2.10. The lowest BCUT2D eigenvalue weighted by Gasteiger charge is -2.01. The number of hydrogen-bond donors (Lipinski definition) is 1. The summed E-state index contributed by atoms with van der Waals surface area (Å²) in [6.07, 6.45) is 6.21. The number of nitrogens with zero attached hydrogens (tertiary/aromatic N) is 1. The quantitative estimate of drug-likeness (QED) is 0.809. The Bertz CT molecular complexity index is 485. The maximum Gasteiger partial charge on any atom is 0.290 e. The number of halogens is 1. The van der Waals surface area contributed by atoms with E-state index in [9.17, 15) is 4.79 Å². The third-order valence-electron chi connectivity index (χ3n) is 2.51. The molecule has 0 atom stereocenters. The van der Waals surface area contributed by atoms with Gasteiger partial charge in [0.25, 0.3) is 5.91 Å². The van der Waals surface area contributed by atoms with E-state index >= 15 is 0 Å². The first kappa shape index (κ1) is 15.5. The summed E-state index contributed by atoms with van der Waals surface area (Å²) in [5.41, 5.74) is 2.57. The molecule has 1 aromatic heterocycles. The summed E-state index contributed by atoms with van der Waals surface area (Å²) in [5.74, 6) is -0.187. The molecule has 0 saturated carbocycles. The van der Waals surface area contributed by atoms with Crippen molar-refractivity contribution in [1.29, 1.82) is 0 Å². The third kappa shape index (κ3) is 6.25. The molecule has 5 heteroatoms. The lowest BCUT2D eigenvalue weighted by atomic mass is 10.1. The lowest BCUT2D eigenvalue weighted by molar-refractivity contribution is 0.0921. The average Bonchev–Trinajstić information content (AvgIpc) is 2.75. The van der Waals surface area contributed by atoms with Gasteiger partial charge in [0.15, 0.2) is 5.15 Å². The van der Waals surface area contributed by atoms with Gasteiger partial charge in [-0.1, -0.05) is 40.1 Å². The van der Waals surface area contributed by atoms with Crippen molar-refractivity contribution in [2.45, 2.75) is 33.6 Å². The van der Waals surface area contributed by atoms with Crippen LogP contribution in [0.3, 0.4) is 0 Å². The molecule has 0 spiro atoms. The molecule has 0 aliphatic rings. The molecular formula is C14H19ClN2O2. The van der Waals surface area contributed by atoms with Crippen molar-refractivity contribution in [1.82, 2.24) is 10.5 Å². The van der Waals surface area contributed by atoms with Gasteiger partial charge in [0.2, 0.25) is 5.76 Å². The Kier molecular flexibility index (Phi) is 6.36. The molecular weight excluding hydrogens is 264 g/mol. The number of allylic oxidation sites excluding steroid dienone is 3. The van der Waals surface area contributed by atoms with Crippen molar-refractivity contribution in [3.05, 3.63) is 40.3 Å². The van der Waals surface area contributed by atoms with Crippen LogP contribution in [0.25, 0.3) is 0 Å². The van der Waals surface area contributed by atoms with Crippen molar-refractivity contribution in [3.63, 3.8) is 0 Å². The maximum absolute atomic E-state index is 11.6. The van der Waals surface area contributed by atoms with Gasteiger partial charge in [0, 0.05) is 12.6 Å². The number of amides is 1. The van der Waals surface area contributed by atoms with E-state index < -0.39 is 0 Å². The van der Waals surface area contributed by atoms with Gasteiger partial charge in [-0.25, -0.2) is 0 Å². The predicted octanol–water partition coefficient (Wildman–Crippen LogP) is 3.75. The van der Waals surface area contributed by atoms with Gasteiger partial charge in [-0.05, 0) is 33.6 Å². The molecule has 0 radical (unpaired) electrons. The fourth-order valence-electron chi connectivity index (χ4n) is 1.46. The molecule has 1 heterocycles. The number of hydrogen-bond acceptors (Lipinski definition) is 3. The summed E-state index contributed by atoms with van der Waals surface area (Å²) in [7, 11) is 0. The molecule has 4 nitrogen and oxygen atoms in total. The number of aromatic nitrogens is 1. The van der Waals surface area contributed by atoms with Gasteiger partial charge < -0.3 is 9.84 Å².